The lowest BCUT2D eigenvalue weighted by Gasteiger charge is -2.12. The standard InChI is InChI=1S/C17H14BrClN4O2S/c1-24-15-4-2-11(8-21-23-10-20-22-17(23)26)6-12(15)9-25-16-5-3-13(18)7-14(16)19/h2-8,10H,9H2,1H3,(H,22,26)/b21-8+. The van der Waals surface area contributed by atoms with E-state index in [2.05, 4.69) is 31.2 Å². The van der Waals surface area contributed by atoms with Crippen molar-refractivity contribution in [2.24, 2.45) is 5.10 Å². The van der Waals surface area contributed by atoms with Crippen LogP contribution in [0.3, 0.4) is 0 Å². The topological polar surface area (TPSA) is 64.4 Å². The monoisotopic (exact) mass is 452 g/mol. The van der Waals surface area contributed by atoms with E-state index in [1.54, 1.807) is 19.4 Å². The zero-order chi connectivity index (χ0) is 18.5. The van der Waals surface area contributed by atoms with Crippen LogP contribution >= 0.6 is 39.7 Å². The van der Waals surface area contributed by atoms with Crippen molar-refractivity contribution >= 4 is 46.0 Å². The highest BCUT2D eigenvalue weighted by atomic mass is 79.9. The SMILES string of the molecule is COc1ccc(/C=N/n2cn[nH]c2=S)cc1COc1ccc(Br)cc1Cl. The van der Waals surface area contributed by atoms with Crippen LogP contribution in [0.1, 0.15) is 11.1 Å². The maximum absolute atomic E-state index is 6.19. The number of rotatable bonds is 6. The molecule has 0 aliphatic rings. The van der Waals surface area contributed by atoms with Gasteiger partial charge in [-0.2, -0.15) is 14.9 Å². The summed E-state index contributed by atoms with van der Waals surface area (Å²) in [5.41, 5.74) is 1.74. The molecule has 1 N–H and O–H groups in total. The van der Waals surface area contributed by atoms with Gasteiger partial charge < -0.3 is 9.47 Å². The van der Waals surface area contributed by atoms with Crippen molar-refractivity contribution in [3.8, 4) is 11.5 Å². The molecule has 0 saturated carbocycles. The average molecular weight is 454 g/mol. The number of aromatic amines is 1. The zero-order valence-corrected chi connectivity index (χ0v) is 16.8. The summed E-state index contributed by atoms with van der Waals surface area (Å²) in [5, 5.41) is 11.3. The number of methoxy groups -OCH3 is 1. The Morgan fingerprint density at radius 3 is 2.81 bits per heavy atom. The number of nitrogens with zero attached hydrogens (tertiary/aromatic N) is 3. The van der Waals surface area contributed by atoms with Crippen molar-refractivity contribution in [1.82, 2.24) is 14.9 Å². The van der Waals surface area contributed by atoms with Gasteiger partial charge in [-0.3, -0.25) is 5.10 Å². The van der Waals surface area contributed by atoms with Crippen LogP contribution in [0.15, 0.2) is 52.3 Å². The number of benzene rings is 2. The van der Waals surface area contributed by atoms with Crippen LogP contribution < -0.4 is 9.47 Å². The minimum absolute atomic E-state index is 0.303. The molecule has 9 heteroatoms. The number of hydrogen-bond acceptors (Lipinski definition) is 5. The molecule has 26 heavy (non-hydrogen) atoms. The van der Waals surface area contributed by atoms with Gasteiger partial charge in [-0.1, -0.05) is 27.5 Å². The molecule has 0 aliphatic carbocycles. The lowest BCUT2D eigenvalue weighted by atomic mass is 10.1. The molecule has 0 radical (unpaired) electrons. The molecule has 1 aromatic heterocycles. The van der Waals surface area contributed by atoms with E-state index in [4.69, 9.17) is 33.3 Å². The summed E-state index contributed by atoms with van der Waals surface area (Å²) in [6.45, 7) is 0.303. The Hall–Kier alpha value is -2.16. The van der Waals surface area contributed by atoms with Crippen LogP contribution in [0.4, 0.5) is 0 Å². The maximum atomic E-state index is 6.19. The third-order valence-electron chi connectivity index (χ3n) is 3.45. The Kier molecular flexibility index (Phi) is 6.08. The molecule has 0 saturated heterocycles. The van der Waals surface area contributed by atoms with Crippen LogP contribution in [0.5, 0.6) is 11.5 Å². The minimum Gasteiger partial charge on any atom is -0.496 e. The summed E-state index contributed by atoms with van der Waals surface area (Å²) in [5.74, 6) is 1.32. The van der Waals surface area contributed by atoms with Crippen LogP contribution in [0.25, 0.3) is 0 Å². The van der Waals surface area contributed by atoms with Gasteiger partial charge in [0.15, 0.2) is 0 Å². The molecule has 3 rings (SSSR count). The predicted molar refractivity (Wildman–Crippen MR) is 107 cm³/mol. The van der Waals surface area contributed by atoms with Crippen molar-refractivity contribution in [2.75, 3.05) is 7.11 Å². The van der Waals surface area contributed by atoms with Gasteiger partial charge in [0.25, 0.3) is 0 Å². The van der Waals surface area contributed by atoms with Gasteiger partial charge in [-0.05, 0) is 54.2 Å². The molecule has 1 heterocycles. The first kappa shape index (κ1) is 18.6. The van der Waals surface area contributed by atoms with Crippen molar-refractivity contribution in [3.05, 3.63) is 68.1 Å². The number of H-pyrrole nitrogens is 1. The second-order valence-electron chi connectivity index (χ2n) is 5.19. The first-order valence-corrected chi connectivity index (χ1v) is 9.06. The largest absolute Gasteiger partial charge is 0.496 e. The Labute approximate surface area is 168 Å². The zero-order valence-electron chi connectivity index (χ0n) is 13.6. The van der Waals surface area contributed by atoms with Gasteiger partial charge in [0.1, 0.15) is 24.4 Å². The maximum Gasteiger partial charge on any atom is 0.216 e. The molecule has 0 atom stereocenters. The minimum atomic E-state index is 0.303. The number of nitrogens with one attached hydrogen (secondary N) is 1. The second-order valence-corrected chi connectivity index (χ2v) is 6.89. The van der Waals surface area contributed by atoms with E-state index in [1.807, 2.05) is 30.3 Å². The summed E-state index contributed by atoms with van der Waals surface area (Å²) < 4.78 is 14.0. The van der Waals surface area contributed by atoms with E-state index in [0.29, 0.717) is 22.2 Å². The van der Waals surface area contributed by atoms with Crippen molar-refractivity contribution in [3.63, 3.8) is 0 Å². The summed E-state index contributed by atoms with van der Waals surface area (Å²) in [4.78, 5) is 0. The predicted octanol–water partition coefficient (Wildman–Crippen LogP) is 4.83. The lowest BCUT2D eigenvalue weighted by Crippen LogP contribution is -2.01. The number of halogens is 2. The van der Waals surface area contributed by atoms with Crippen molar-refractivity contribution in [1.29, 1.82) is 0 Å². The first-order valence-electron chi connectivity index (χ1n) is 7.48. The molecule has 134 valence electrons. The van der Waals surface area contributed by atoms with Gasteiger partial charge in [0.05, 0.1) is 18.3 Å². The van der Waals surface area contributed by atoms with Gasteiger partial charge in [0.2, 0.25) is 4.77 Å². The number of ether oxygens (including phenoxy) is 2. The molecule has 0 fully saturated rings. The summed E-state index contributed by atoms with van der Waals surface area (Å²) in [6.07, 6.45) is 3.18. The Morgan fingerprint density at radius 1 is 1.31 bits per heavy atom. The summed E-state index contributed by atoms with van der Waals surface area (Å²) in [6, 6.07) is 11.1. The molecule has 0 spiro atoms. The van der Waals surface area contributed by atoms with Crippen molar-refractivity contribution in [2.45, 2.75) is 6.61 Å². The molecule has 2 aromatic carbocycles. The van der Waals surface area contributed by atoms with Crippen LogP contribution in [-0.2, 0) is 6.61 Å². The fraction of sp³-hybridized carbons (Fsp3) is 0.118. The third-order valence-corrected chi connectivity index (χ3v) is 4.52. The smallest absolute Gasteiger partial charge is 0.216 e. The van der Waals surface area contributed by atoms with Gasteiger partial charge in [-0.15, -0.1) is 0 Å². The highest BCUT2D eigenvalue weighted by Gasteiger charge is 2.08. The quantitative estimate of drug-likeness (QED) is 0.429. The molecule has 0 bridgehead atoms. The molecular formula is C17H14BrClN4O2S. The molecule has 3 aromatic rings. The highest BCUT2D eigenvalue weighted by molar-refractivity contribution is 9.10. The Morgan fingerprint density at radius 2 is 2.12 bits per heavy atom. The van der Waals surface area contributed by atoms with E-state index in [0.717, 1.165) is 21.3 Å². The summed E-state index contributed by atoms with van der Waals surface area (Å²) in [7, 11) is 1.62. The van der Waals surface area contributed by atoms with Crippen LogP contribution in [0, 0.1) is 4.77 Å². The van der Waals surface area contributed by atoms with Gasteiger partial charge >= 0.3 is 0 Å². The van der Waals surface area contributed by atoms with Crippen molar-refractivity contribution < 1.29 is 9.47 Å². The third kappa shape index (κ3) is 4.51. The van der Waals surface area contributed by atoms with E-state index in [-0.39, 0.29) is 0 Å². The number of aromatic nitrogens is 3. The normalized spacial score (nSPS) is 11.0. The van der Waals surface area contributed by atoms with E-state index in [9.17, 15) is 0 Å². The van der Waals surface area contributed by atoms with E-state index in [1.165, 1.54) is 11.0 Å². The molecule has 0 aliphatic heterocycles. The Balaban J connectivity index is 1.80. The second kappa shape index (κ2) is 8.48. The van der Waals surface area contributed by atoms with Crippen LogP contribution in [-0.4, -0.2) is 28.2 Å². The summed E-state index contributed by atoms with van der Waals surface area (Å²) >= 11 is 14.6. The molecule has 0 amide bonds. The first-order chi connectivity index (χ1) is 12.6. The highest BCUT2D eigenvalue weighted by Crippen LogP contribution is 2.29. The number of hydrogen-bond donors (Lipinski definition) is 1. The molecular weight excluding hydrogens is 440 g/mol. The Bertz CT molecular complexity index is 1000. The van der Waals surface area contributed by atoms with Gasteiger partial charge in [0, 0.05) is 10.0 Å². The fourth-order valence-electron chi connectivity index (χ4n) is 2.19. The fourth-order valence-corrected chi connectivity index (χ4v) is 3.07. The van der Waals surface area contributed by atoms with E-state index >= 15 is 0 Å². The lowest BCUT2D eigenvalue weighted by molar-refractivity contribution is 0.297. The molecule has 6 nitrogen and oxygen atoms in total. The van der Waals surface area contributed by atoms with E-state index < -0.39 is 0 Å². The molecule has 0 unspecified atom stereocenters. The van der Waals surface area contributed by atoms with Gasteiger partial charge in [-0.25, -0.2) is 0 Å². The van der Waals surface area contributed by atoms with Crippen LogP contribution in [0.2, 0.25) is 5.02 Å². The average Bonchev–Trinajstić information content (AvgIpc) is 3.04.